The van der Waals surface area contributed by atoms with Crippen molar-refractivity contribution in [3.8, 4) is 0 Å². The summed E-state index contributed by atoms with van der Waals surface area (Å²) in [5.41, 5.74) is 0.792. The van der Waals surface area contributed by atoms with E-state index in [0.29, 0.717) is 26.2 Å². The minimum atomic E-state index is -0.854. The van der Waals surface area contributed by atoms with Crippen molar-refractivity contribution in [3.63, 3.8) is 0 Å². The number of aryl methyl sites for hydroxylation is 1. The Hall–Kier alpha value is -1.93. The zero-order chi connectivity index (χ0) is 17.1. The van der Waals surface area contributed by atoms with E-state index >= 15 is 0 Å². The highest BCUT2D eigenvalue weighted by molar-refractivity contribution is 5.81. The van der Waals surface area contributed by atoms with Crippen LogP contribution in [0.5, 0.6) is 0 Å². The molecule has 2 saturated heterocycles. The molecule has 0 radical (unpaired) electrons. The van der Waals surface area contributed by atoms with E-state index in [9.17, 15) is 14.7 Å². The summed E-state index contributed by atoms with van der Waals surface area (Å²) in [6.45, 7) is 4.37. The molecule has 3 heterocycles. The lowest BCUT2D eigenvalue weighted by Gasteiger charge is -2.40. The van der Waals surface area contributed by atoms with Crippen molar-refractivity contribution in [2.45, 2.75) is 18.9 Å². The number of hydrogen-bond acceptors (Lipinski definition) is 5. The summed E-state index contributed by atoms with van der Waals surface area (Å²) in [5.74, 6) is -1.42. The predicted molar refractivity (Wildman–Crippen MR) is 85.3 cm³/mol. The SMILES string of the molecule is Cn1cc([C@H]2[C@@H](C(=O)O)CCC(=O)N2CCN2CCOCC2)cn1. The molecular formula is C16H24N4O4. The molecule has 2 aliphatic heterocycles. The zero-order valence-corrected chi connectivity index (χ0v) is 13.9. The number of nitrogens with zero attached hydrogens (tertiary/aromatic N) is 4. The monoisotopic (exact) mass is 336 g/mol. The molecule has 8 nitrogen and oxygen atoms in total. The molecule has 3 rings (SSSR count). The molecule has 0 bridgehead atoms. The van der Waals surface area contributed by atoms with Crippen LogP contribution in [0.1, 0.15) is 24.4 Å². The van der Waals surface area contributed by atoms with Crippen LogP contribution in [-0.2, 0) is 21.4 Å². The number of hydrogen-bond donors (Lipinski definition) is 1. The van der Waals surface area contributed by atoms with Gasteiger partial charge in [-0.2, -0.15) is 5.10 Å². The van der Waals surface area contributed by atoms with Crippen molar-refractivity contribution >= 4 is 11.9 Å². The van der Waals surface area contributed by atoms with Gasteiger partial charge in [-0.05, 0) is 6.42 Å². The molecule has 1 aromatic rings. The first-order valence-corrected chi connectivity index (χ1v) is 8.37. The second-order valence-corrected chi connectivity index (χ2v) is 6.42. The van der Waals surface area contributed by atoms with Gasteiger partial charge in [-0.3, -0.25) is 19.2 Å². The molecule has 24 heavy (non-hydrogen) atoms. The number of carboxylic acid groups (broad SMARTS) is 1. The standard InChI is InChI=1S/C16H24N4O4/c1-18-11-12(10-17-18)15-13(16(22)23)2-3-14(21)20(15)5-4-19-6-8-24-9-7-19/h10-11,13,15H,2-9H2,1H3,(H,22,23)/t13-,15-/m0/s1. The molecule has 8 heteroatoms. The number of aromatic nitrogens is 2. The van der Waals surface area contributed by atoms with Crippen molar-refractivity contribution in [2.75, 3.05) is 39.4 Å². The number of rotatable bonds is 5. The molecular weight excluding hydrogens is 312 g/mol. The summed E-state index contributed by atoms with van der Waals surface area (Å²) in [7, 11) is 1.79. The Morgan fingerprint density at radius 1 is 1.38 bits per heavy atom. The van der Waals surface area contributed by atoms with Gasteiger partial charge in [-0.1, -0.05) is 0 Å². The van der Waals surface area contributed by atoms with Crippen LogP contribution in [0.4, 0.5) is 0 Å². The smallest absolute Gasteiger partial charge is 0.308 e. The van der Waals surface area contributed by atoms with Crippen LogP contribution in [0, 0.1) is 5.92 Å². The van der Waals surface area contributed by atoms with E-state index in [4.69, 9.17) is 4.74 Å². The van der Waals surface area contributed by atoms with E-state index in [1.807, 2.05) is 0 Å². The maximum Gasteiger partial charge on any atom is 0.308 e. The Balaban J connectivity index is 1.78. The van der Waals surface area contributed by atoms with E-state index in [-0.39, 0.29) is 12.3 Å². The Morgan fingerprint density at radius 2 is 2.12 bits per heavy atom. The van der Waals surface area contributed by atoms with Crippen LogP contribution in [0.3, 0.4) is 0 Å². The minimum Gasteiger partial charge on any atom is -0.481 e. The average molecular weight is 336 g/mol. The molecule has 0 spiro atoms. The second kappa shape index (κ2) is 7.31. The lowest BCUT2D eigenvalue weighted by molar-refractivity contribution is -0.152. The summed E-state index contributed by atoms with van der Waals surface area (Å²) < 4.78 is 6.99. The van der Waals surface area contributed by atoms with Gasteiger partial charge < -0.3 is 14.7 Å². The minimum absolute atomic E-state index is 0.0228. The van der Waals surface area contributed by atoms with Crippen molar-refractivity contribution in [1.29, 1.82) is 0 Å². The van der Waals surface area contributed by atoms with E-state index in [0.717, 1.165) is 25.2 Å². The van der Waals surface area contributed by atoms with Gasteiger partial charge >= 0.3 is 5.97 Å². The largest absolute Gasteiger partial charge is 0.481 e. The van der Waals surface area contributed by atoms with Crippen molar-refractivity contribution in [1.82, 2.24) is 19.6 Å². The average Bonchev–Trinajstić information content (AvgIpc) is 3.00. The summed E-state index contributed by atoms with van der Waals surface area (Å²) in [6, 6.07) is -0.446. The van der Waals surface area contributed by atoms with Gasteiger partial charge in [0.15, 0.2) is 0 Å². The second-order valence-electron chi connectivity index (χ2n) is 6.42. The Morgan fingerprint density at radius 3 is 2.75 bits per heavy atom. The predicted octanol–water partition coefficient (Wildman–Crippen LogP) is 0.117. The number of carbonyl (C=O) groups is 2. The summed E-state index contributed by atoms with van der Waals surface area (Å²) in [4.78, 5) is 28.2. The molecule has 0 aromatic carbocycles. The van der Waals surface area contributed by atoms with Crippen molar-refractivity contribution < 1.29 is 19.4 Å². The number of aliphatic carboxylic acids is 1. The van der Waals surface area contributed by atoms with Crippen LogP contribution in [-0.4, -0.2) is 76.0 Å². The maximum atomic E-state index is 12.5. The van der Waals surface area contributed by atoms with Crippen LogP contribution >= 0.6 is 0 Å². The quantitative estimate of drug-likeness (QED) is 0.821. The van der Waals surface area contributed by atoms with E-state index in [1.165, 1.54) is 0 Å². The molecule has 0 aliphatic carbocycles. The number of carbonyl (C=O) groups excluding carboxylic acids is 1. The van der Waals surface area contributed by atoms with E-state index < -0.39 is 17.9 Å². The summed E-state index contributed by atoms with van der Waals surface area (Å²) >= 11 is 0. The highest BCUT2D eigenvalue weighted by Crippen LogP contribution is 2.36. The highest BCUT2D eigenvalue weighted by Gasteiger charge is 2.41. The number of amides is 1. The molecule has 132 valence electrons. The zero-order valence-electron chi connectivity index (χ0n) is 13.9. The third kappa shape index (κ3) is 3.59. The number of likely N-dealkylation sites (tertiary alicyclic amines) is 1. The molecule has 1 amide bonds. The van der Waals surface area contributed by atoms with Gasteiger partial charge in [0.1, 0.15) is 0 Å². The van der Waals surface area contributed by atoms with Gasteiger partial charge in [0, 0.05) is 51.4 Å². The highest BCUT2D eigenvalue weighted by atomic mass is 16.5. The summed E-state index contributed by atoms with van der Waals surface area (Å²) in [6.07, 6.45) is 4.14. The normalized spacial score (nSPS) is 25.9. The first kappa shape index (κ1) is 16.9. The summed E-state index contributed by atoms with van der Waals surface area (Å²) in [5, 5.41) is 13.8. The third-order valence-electron chi connectivity index (χ3n) is 4.85. The maximum absolute atomic E-state index is 12.5. The molecule has 0 saturated carbocycles. The van der Waals surface area contributed by atoms with Crippen LogP contribution in [0.2, 0.25) is 0 Å². The molecule has 2 atom stereocenters. The molecule has 1 aromatic heterocycles. The first-order valence-electron chi connectivity index (χ1n) is 8.37. The fourth-order valence-electron chi connectivity index (χ4n) is 3.55. The number of piperidine rings is 1. The lowest BCUT2D eigenvalue weighted by Crippen LogP contribution is -2.49. The van der Waals surface area contributed by atoms with Crippen molar-refractivity contribution in [3.05, 3.63) is 18.0 Å². The van der Waals surface area contributed by atoms with Crippen LogP contribution in [0.25, 0.3) is 0 Å². The van der Waals surface area contributed by atoms with Crippen LogP contribution < -0.4 is 0 Å². The fraction of sp³-hybridized carbons (Fsp3) is 0.688. The van der Waals surface area contributed by atoms with E-state index in [2.05, 4.69) is 10.00 Å². The fourth-order valence-corrected chi connectivity index (χ4v) is 3.55. The Labute approximate surface area is 141 Å². The third-order valence-corrected chi connectivity index (χ3v) is 4.85. The van der Waals surface area contributed by atoms with Gasteiger partial charge in [0.05, 0.1) is 31.4 Å². The molecule has 2 fully saturated rings. The van der Waals surface area contributed by atoms with Gasteiger partial charge in [-0.25, -0.2) is 0 Å². The topological polar surface area (TPSA) is 87.9 Å². The number of ether oxygens (including phenoxy) is 1. The molecule has 1 N–H and O–H groups in total. The molecule has 0 unspecified atom stereocenters. The Bertz CT molecular complexity index is 597. The van der Waals surface area contributed by atoms with Crippen LogP contribution in [0.15, 0.2) is 12.4 Å². The van der Waals surface area contributed by atoms with Gasteiger partial charge in [0.2, 0.25) is 5.91 Å². The van der Waals surface area contributed by atoms with Crippen molar-refractivity contribution in [2.24, 2.45) is 13.0 Å². The Kier molecular flexibility index (Phi) is 5.15. The molecule has 2 aliphatic rings. The number of morpholine rings is 1. The van der Waals surface area contributed by atoms with E-state index in [1.54, 1.807) is 29.0 Å². The lowest BCUT2D eigenvalue weighted by atomic mass is 9.85. The van der Waals surface area contributed by atoms with Gasteiger partial charge in [-0.15, -0.1) is 0 Å². The number of carboxylic acids is 1. The first-order chi connectivity index (χ1) is 11.6. The van der Waals surface area contributed by atoms with Gasteiger partial charge in [0.25, 0.3) is 0 Å².